The van der Waals surface area contributed by atoms with Gasteiger partial charge in [0.25, 0.3) is 0 Å². The monoisotopic (exact) mass is 418 g/mol. The van der Waals surface area contributed by atoms with Crippen molar-refractivity contribution in [3.8, 4) is 0 Å². The number of thioether (sulfide) groups is 1. The molecule has 1 aromatic heterocycles. The molecule has 0 bridgehead atoms. The Bertz CT molecular complexity index is 1040. The second-order valence-corrected chi connectivity index (χ2v) is 8.07. The summed E-state index contributed by atoms with van der Waals surface area (Å²) in [6, 6.07) is 13.9. The molecule has 3 rings (SSSR count). The van der Waals surface area contributed by atoms with E-state index in [0.717, 1.165) is 15.1 Å². The lowest BCUT2D eigenvalue weighted by Crippen LogP contribution is -2.19. The van der Waals surface area contributed by atoms with Crippen LogP contribution in [0.4, 0.5) is 4.39 Å². The van der Waals surface area contributed by atoms with Crippen molar-refractivity contribution in [2.45, 2.75) is 24.3 Å². The number of benzene rings is 2. The first-order valence-corrected chi connectivity index (χ1v) is 10.5. The van der Waals surface area contributed by atoms with Gasteiger partial charge < -0.3 is 9.30 Å². The van der Waals surface area contributed by atoms with Crippen LogP contribution in [-0.4, -0.2) is 29.3 Å². The predicted octanol–water partition coefficient (Wildman–Crippen LogP) is 4.01. The normalized spacial score (nSPS) is 11.7. The summed E-state index contributed by atoms with van der Waals surface area (Å²) in [6.07, 6.45) is 0.478. The number of ether oxygens (including phenoxy) is 1. The minimum absolute atomic E-state index is 0.207. The molecule has 0 saturated heterocycles. The van der Waals surface area contributed by atoms with Crippen LogP contribution in [0.1, 0.15) is 12.8 Å². The second-order valence-electron chi connectivity index (χ2n) is 5.89. The van der Waals surface area contributed by atoms with Gasteiger partial charge in [-0.1, -0.05) is 23.5 Å². The summed E-state index contributed by atoms with van der Waals surface area (Å²) in [5.41, 5.74) is 0.934. The molecular formula is C20H19FN2O3S2. The molecule has 1 amide bonds. The van der Waals surface area contributed by atoms with E-state index in [1.54, 1.807) is 12.1 Å². The third-order valence-electron chi connectivity index (χ3n) is 3.97. The molecule has 0 radical (unpaired) electrons. The van der Waals surface area contributed by atoms with Gasteiger partial charge in [-0.05, 0) is 36.4 Å². The van der Waals surface area contributed by atoms with Crippen LogP contribution in [0, 0.1) is 5.82 Å². The van der Waals surface area contributed by atoms with E-state index in [1.165, 1.54) is 42.3 Å². The number of aryl methyl sites for hydroxylation is 1. The number of carbonyl (C=O) groups excluding carboxylic acids is 2. The van der Waals surface area contributed by atoms with Crippen molar-refractivity contribution in [1.29, 1.82) is 0 Å². The number of fused-ring (bicyclic) bond motifs is 1. The first-order chi connectivity index (χ1) is 13.6. The highest BCUT2D eigenvalue weighted by Crippen LogP contribution is 2.20. The minimum Gasteiger partial charge on any atom is -0.469 e. The second kappa shape index (κ2) is 9.66. The molecule has 0 saturated carbocycles. The number of hydrogen-bond donors (Lipinski definition) is 0. The number of esters is 1. The van der Waals surface area contributed by atoms with Crippen molar-refractivity contribution >= 4 is 45.2 Å². The zero-order valence-corrected chi connectivity index (χ0v) is 16.9. The number of rotatable bonds is 7. The summed E-state index contributed by atoms with van der Waals surface area (Å²) >= 11 is 2.90. The molecule has 0 aliphatic heterocycles. The van der Waals surface area contributed by atoms with Crippen LogP contribution in [0.15, 0.2) is 58.4 Å². The zero-order chi connectivity index (χ0) is 19.9. The standard InChI is InChI=1S/C20H19FN2O3S2/c1-26-19(25)10-12-23-16-4-2-3-5-17(16)28-20(23)22-18(24)11-13-27-15-8-6-14(21)7-9-15/h2-9H,10-13H2,1H3. The van der Waals surface area contributed by atoms with Crippen LogP contribution in [0.2, 0.25) is 0 Å². The fraction of sp³-hybridized carbons (Fsp3) is 0.250. The number of thiazole rings is 1. The number of para-hydroxylation sites is 1. The average molecular weight is 419 g/mol. The molecular weight excluding hydrogens is 399 g/mol. The molecule has 0 atom stereocenters. The van der Waals surface area contributed by atoms with E-state index in [-0.39, 0.29) is 30.5 Å². The van der Waals surface area contributed by atoms with Gasteiger partial charge >= 0.3 is 5.97 Å². The van der Waals surface area contributed by atoms with Crippen LogP contribution < -0.4 is 4.80 Å². The molecule has 3 aromatic rings. The van der Waals surface area contributed by atoms with Crippen molar-refractivity contribution in [3.05, 3.63) is 59.1 Å². The van der Waals surface area contributed by atoms with Gasteiger partial charge in [-0.25, -0.2) is 4.39 Å². The van der Waals surface area contributed by atoms with Crippen LogP contribution in [-0.2, 0) is 20.9 Å². The highest BCUT2D eigenvalue weighted by atomic mass is 32.2. The van der Waals surface area contributed by atoms with Gasteiger partial charge in [-0.2, -0.15) is 4.99 Å². The Kier molecular flexibility index (Phi) is 7.00. The first kappa shape index (κ1) is 20.3. The first-order valence-electron chi connectivity index (χ1n) is 8.68. The Morgan fingerprint density at radius 3 is 2.64 bits per heavy atom. The Labute approximate surface area is 169 Å². The molecule has 0 unspecified atom stereocenters. The van der Waals surface area contributed by atoms with E-state index in [9.17, 15) is 14.0 Å². The lowest BCUT2D eigenvalue weighted by molar-refractivity contribution is -0.140. The largest absolute Gasteiger partial charge is 0.469 e. The van der Waals surface area contributed by atoms with Crippen molar-refractivity contribution in [3.63, 3.8) is 0 Å². The summed E-state index contributed by atoms with van der Waals surface area (Å²) in [5.74, 6) is -0.262. The number of aromatic nitrogens is 1. The van der Waals surface area contributed by atoms with E-state index in [0.29, 0.717) is 17.1 Å². The Hall–Kier alpha value is -2.45. The van der Waals surface area contributed by atoms with E-state index >= 15 is 0 Å². The van der Waals surface area contributed by atoms with Crippen molar-refractivity contribution in [2.75, 3.05) is 12.9 Å². The molecule has 0 aliphatic carbocycles. The topological polar surface area (TPSA) is 60.7 Å². The quantitative estimate of drug-likeness (QED) is 0.430. The highest BCUT2D eigenvalue weighted by Gasteiger charge is 2.10. The van der Waals surface area contributed by atoms with Gasteiger partial charge in [0.05, 0.1) is 23.7 Å². The lowest BCUT2D eigenvalue weighted by atomic mass is 10.3. The van der Waals surface area contributed by atoms with Gasteiger partial charge in [0, 0.05) is 23.6 Å². The molecule has 0 N–H and O–H groups in total. The summed E-state index contributed by atoms with van der Waals surface area (Å²) in [6.45, 7) is 0.396. The SMILES string of the molecule is COC(=O)CCn1c(=NC(=O)CCSc2ccc(F)cc2)sc2ccccc21. The molecule has 28 heavy (non-hydrogen) atoms. The smallest absolute Gasteiger partial charge is 0.307 e. The molecule has 0 fully saturated rings. The molecule has 0 aliphatic rings. The van der Waals surface area contributed by atoms with Gasteiger partial charge in [0.1, 0.15) is 5.82 Å². The summed E-state index contributed by atoms with van der Waals surface area (Å²) in [7, 11) is 1.35. The van der Waals surface area contributed by atoms with Gasteiger partial charge in [-0.3, -0.25) is 9.59 Å². The third kappa shape index (κ3) is 5.30. The molecule has 146 valence electrons. The Morgan fingerprint density at radius 2 is 1.89 bits per heavy atom. The van der Waals surface area contributed by atoms with Crippen molar-refractivity contribution < 1.29 is 18.7 Å². The van der Waals surface area contributed by atoms with Crippen LogP contribution in [0.5, 0.6) is 0 Å². The van der Waals surface area contributed by atoms with Crippen molar-refractivity contribution in [2.24, 2.45) is 4.99 Å². The average Bonchev–Trinajstić information content (AvgIpc) is 3.04. The zero-order valence-electron chi connectivity index (χ0n) is 15.3. The Balaban J connectivity index is 1.73. The van der Waals surface area contributed by atoms with Crippen LogP contribution >= 0.6 is 23.1 Å². The van der Waals surface area contributed by atoms with E-state index < -0.39 is 0 Å². The summed E-state index contributed by atoms with van der Waals surface area (Å²) in [5, 5.41) is 0. The van der Waals surface area contributed by atoms with Crippen LogP contribution in [0.3, 0.4) is 0 Å². The molecule has 5 nitrogen and oxygen atoms in total. The fourth-order valence-electron chi connectivity index (χ4n) is 2.58. The summed E-state index contributed by atoms with van der Waals surface area (Å²) in [4.78, 5) is 29.6. The molecule has 8 heteroatoms. The van der Waals surface area contributed by atoms with Gasteiger partial charge in [-0.15, -0.1) is 11.8 Å². The van der Waals surface area contributed by atoms with Crippen LogP contribution in [0.25, 0.3) is 10.2 Å². The molecule has 2 aromatic carbocycles. The maximum Gasteiger partial charge on any atom is 0.307 e. The predicted molar refractivity (Wildman–Crippen MR) is 109 cm³/mol. The number of methoxy groups -OCH3 is 1. The van der Waals surface area contributed by atoms with E-state index in [2.05, 4.69) is 4.99 Å². The number of amides is 1. The van der Waals surface area contributed by atoms with Gasteiger partial charge in [0.15, 0.2) is 4.80 Å². The number of nitrogens with zero attached hydrogens (tertiary/aromatic N) is 2. The number of carbonyl (C=O) groups is 2. The lowest BCUT2D eigenvalue weighted by Gasteiger charge is -2.04. The molecule has 1 heterocycles. The fourth-order valence-corrected chi connectivity index (χ4v) is 4.49. The van der Waals surface area contributed by atoms with E-state index in [1.807, 2.05) is 28.8 Å². The minimum atomic E-state index is -0.309. The third-order valence-corrected chi connectivity index (χ3v) is 6.05. The van der Waals surface area contributed by atoms with Crippen molar-refractivity contribution in [1.82, 2.24) is 4.57 Å². The molecule has 0 spiro atoms. The maximum atomic E-state index is 12.9. The highest BCUT2D eigenvalue weighted by molar-refractivity contribution is 7.99. The van der Waals surface area contributed by atoms with E-state index in [4.69, 9.17) is 4.74 Å². The number of halogens is 1. The number of hydrogen-bond acceptors (Lipinski definition) is 5. The Morgan fingerprint density at radius 1 is 1.14 bits per heavy atom. The summed E-state index contributed by atoms with van der Waals surface area (Å²) < 4.78 is 20.5. The maximum absolute atomic E-state index is 12.9. The van der Waals surface area contributed by atoms with Gasteiger partial charge in [0.2, 0.25) is 5.91 Å².